The zero-order chi connectivity index (χ0) is 19.1. The van der Waals surface area contributed by atoms with Crippen molar-refractivity contribution in [1.82, 2.24) is 4.90 Å². The first-order valence-electron chi connectivity index (χ1n) is 7.95. The van der Waals surface area contributed by atoms with E-state index in [-0.39, 0.29) is 29.0 Å². The third kappa shape index (κ3) is 3.47. The number of carbonyl (C=O) groups is 2. The number of nitrogens with one attached hydrogen (secondary N) is 1. The van der Waals surface area contributed by atoms with Crippen molar-refractivity contribution in [3.63, 3.8) is 0 Å². The molecule has 1 unspecified atom stereocenters. The van der Waals surface area contributed by atoms with Gasteiger partial charge in [-0.3, -0.25) is 9.59 Å². The molecule has 0 bridgehead atoms. The second kappa shape index (κ2) is 6.54. The fraction of sp³-hybridized carbons (Fsp3) is 0.222. The van der Waals surface area contributed by atoms with Crippen LogP contribution in [-0.2, 0) is 10.0 Å². The number of nitrogens with two attached hydrogens (primary N) is 1. The first-order valence-corrected chi connectivity index (χ1v) is 9.49. The third-order valence-electron chi connectivity index (χ3n) is 4.28. The zero-order valence-electron chi connectivity index (χ0n) is 14.4. The van der Waals surface area contributed by atoms with Crippen LogP contribution in [0, 0.1) is 0 Å². The molecule has 0 fully saturated rings. The number of hydrogen-bond donors (Lipinski definition) is 2. The molecule has 2 aromatic carbocycles. The zero-order valence-corrected chi connectivity index (χ0v) is 15.2. The number of primary sulfonamides is 1. The van der Waals surface area contributed by atoms with Crippen LogP contribution in [0.3, 0.4) is 0 Å². The highest BCUT2D eigenvalue weighted by Crippen LogP contribution is 2.34. The monoisotopic (exact) mass is 373 g/mol. The molecule has 0 spiro atoms. The first-order chi connectivity index (χ1) is 12.2. The Morgan fingerprint density at radius 1 is 1.19 bits per heavy atom. The van der Waals surface area contributed by atoms with E-state index in [0.717, 1.165) is 5.56 Å². The van der Waals surface area contributed by atoms with Crippen LogP contribution in [0.1, 0.15) is 38.7 Å². The van der Waals surface area contributed by atoms with Crippen molar-refractivity contribution >= 4 is 27.4 Å². The number of anilines is 1. The van der Waals surface area contributed by atoms with E-state index >= 15 is 0 Å². The Labute approximate surface area is 151 Å². The van der Waals surface area contributed by atoms with E-state index in [1.807, 2.05) is 6.07 Å². The van der Waals surface area contributed by atoms with Crippen LogP contribution in [0.2, 0.25) is 0 Å². The second-order valence-electron chi connectivity index (χ2n) is 6.40. The van der Waals surface area contributed by atoms with Crippen molar-refractivity contribution in [2.75, 3.05) is 19.4 Å². The summed E-state index contributed by atoms with van der Waals surface area (Å²) < 4.78 is 23.0. The van der Waals surface area contributed by atoms with Gasteiger partial charge in [0.05, 0.1) is 10.9 Å². The molecule has 1 atom stereocenters. The molecule has 1 aliphatic heterocycles. The Hall–Kier alpha value is -2.71. The smallest absolute Gasteiger partial charge is 0.253 e. The summed E-state index contributed by atoms with van der Waals surface area (Å²) in [5.41, 5.74) is 2.20. The number of Topliss-reactive ketones (excluding diaryl/α,β-unsaturated/α-hetero) is 1. The second-order valence-corrected chi connectivity index (χ2v) is 7.96. The summed E-state index contributed by atoms with van der Waals surface area (Å²) in [7, 11) is -0.516. The number of ketones is 1. The molecule has 26 heavy (non-hydrogen) atoms. The number of amides is 1. The number of hydrogen-bond acceptors (Lipinski definition) is 5. The maximum Gasteiger partial charge on any atom is 0.253 e. The average molecular weight is 373 g/mol. The van der Waals surface area contributed by atoms with Gasteiger partial charge in [0.1, 0.15) is 0 Å². The maximum atomic E-state index is 12.5. The van der Waals surface area contributed by atoms with E-state index in [0.29, 0.717) is 16.8 Å². The Balaban J connectivity index is 1.94. The lowest BCUT2D eigenvalue weighted by atomic mass is 9.91. The molecule has 0 saturated carbocycles. The van der Waals surface area contributed by atoms with Crippen molar-refractivity contribution < 1.29 is 18.0 Å². The molecule has 0 aliphatic carbocycles. The van der Waals surface area contributed by atoms with Crippen molar-refractivity contribution in [1.29, 1.82) is 0 Å². The van der Waals surface area contributed by atoms with E-state index in [1.165, 1.54) is 23.1 Å². The van der Waals surface area contributed by atoms with Gasteiger partial charge in [-0.1, -0.05) is 12.1 Å². The number of sulfonamides is 1. The summed E-state index contributed by atoms with van der Waals surface area (Å²) in [5.74, 6) is -0.300. The topological polar surface area (TPSA) is 110 Å². The molecule has 0 saturated heterocycles. The highest BCUT2D eigenvalue weighted by molar-refractivity contribution is 7.89. The third-order valence-corrected chi connectivity index (χ3v) is 5.19. The molecule has 7 nitrogen and oxygen atoms in total. The van der Waals surface area contributed by atoms with E-state index in [2.05, 4.69) is 5.32 Å². The van der Waals surface area contributed by atoms with Crippen molar-refractivity contribution in [3.8, 4) is 0 Å². The minimum Gasteiger partial charge on any atom is -0.377 e. The van der Waals surface area contributed by atoms with E-state index < -0.39 is 10.0 Å². The van der Waals surface area contributed by atoms with Gasteiger partial charge >= 0.3 is 0 Å². The Morgan fingerprint density at radius 2 is 1.92 bits per heavy atom. The van der Waals surface area contributed by atoms with Gasteiger partial charge in [0.15, 0.2) is 5.78 Å². The minimum absolute atomic E-state index is 0.0940. The number of fused-ring (bicyclic) bond motifs is 1. The molecule has 0 radical (unpaired) electrons. The van der Waals surface area contributed by atoms with Crippen molar-refractivity contribution in [2.24, 2.45) is 5.14 Å². The fourth-order valence-corrected chi connectivity index (χ4v) is 3.48. The van der Waals surface area contributed by atoms with Gasteiger partial charge in [-0.2, -0.15) is 0 Å². The summed E-state index contributed by atoms with van der Waals surface area (Å²) in [4.78, 5) is 26.1. The van der Waals surface area contributed by atoms with Crippen LogP contribution >= 0.6 is 0 Å². The van der Waals surface area contributed by atoms with Gasteiger partial charge in [0.2, 0.25) is 10.0 Å². The molecule has 3 rings (SSSR count). The summed E-state index contributed by atoms with van der Waals surface area (Å²) >= 11 is 0. The first kappa shape index (κ1) is 18.1. The van der Waals surface area contributed by atoms with Crippen molar-refractivity contribution in [3.05, 3.63) is 59.2 Å². The molecule has 1 amide bonds. The van der Waals surface area contributed by atoms with E-state index in [4.69, 9.17) is 5.14 Å². The van der Waals surface area contributed by atoms with Crippen LogP contribution in [-0.4, -0.2) is 39.1 Å². The van der Waals surface area contributed by atoms with Crippen LogP contribution in [0.15, 0.2) is 47.4 Å². The lowest BCUT2D eigenvalue weighted by Gasteiger charge is -2.27. The molecular formula is C18H19N3O4S. The Morgan fingerprint density at radius 3 is 2.58 bits per heavy atom. The molecule has 1 aliphatic rings. The molecule has 3 N–H and O–H groups in total. The fourth-order valence-electron chi connectivity index (χ4n) is 2.94. The Kier molecular flexibility index (Phi) is 4.55. The highest BCUT2D eigenvalue weighted by Gasteiger charge is 2.27. The summed E-state index contributed by atoms with van der Waals surface area (Å²) in [5, 5.41) is 8.36. The average Bonchev–Trinajstić information content (AvgIpc) is 2.60. The number of carbonyl (C=O) groups excluding carboxylic acids is 2. The predicted octanol–water partition coefficient (Wildman–Crippen LogP) is 1.78. The standard InChI is InChI=1S/C18H19N3O4S/c1-21(2)18(23)12-5-3-4-11(8-12)16-10-17(22)14-9-13(26(19,24)25)6-7-15(14)20-16/h3-9,16,20H,10H2,1-2H3,(H2,19,24,25). The van der Waals surface area contributed by atoms with Crippen LogP contribution in [0.4, 0.5) is 5.69 Å². The van der Waals surface area contributed by atoms with E-state index in [9.17, 15) is 18.0 Å². The maximum absolute atomic E-state index is 12.5. The van der Waals surface area contributed by atoms with E-state index in [1.54, 1.807) is 32.3 Å². The summed E-state index contributed by atoms with van der Waals surface area (Å²) in [6.45, 7) is 0. The van der Waals surface area contributed by atoms with Gasteiger partial charge in [-0.15, -0.1) is 0 Å². The molecular weight excluding hydrogens is 354 g/mol. The molecule has 8 heteroatoms. The number of rotatable bonds is 3. The predicted molar refractivity (Wildman–Crippen MR) is 97.6 cm³/mol. The van der Waals surface area contributed by atoms with Gasteiger partial charge in [-0.25, -0.2) is 13.6 Å². The minimum atomic E-state index is -3.87. The van der Waals surface area contributed by atoms with Crippen LogP contribution in [0.5, 0.6) is 0 Å². The van der Waals surface area contributed by atoms with Crippen LogP contribution in [0.25, 0.3) is 0 Å². The summed E-state index contributed by atoms with van der Waals surface area (Å²) in [6, 6.07) is 11.0. The van der Waals surface area contributed by atoms with Gasteiger partial charge in [0.25, 0.3) is 5.91 Å². The molecule has 1 heterocycles. The number of benzene rings is 2. The molecule has 0 aromatic heterocycles. The molecule has 2 aromatic rings. The van der Waals surface area contributed by atoms with Crippen LogP contribution < -0.4 is 10.5 Å². The number of nitrogens with zero attached hydrogens (tertiary/aromatic N) is 1. The molecule has 136 valence electrons. The Bertz CT molecular complexity index is 999. The SMILES string of the molecule is CN(C)C(=O)c1cccc(C2CC(=O)c3cc(S(N)(=O)=O)ccc3N2)c1. The normalized spacial score (nSPS) is 16.6. The lowest BCUT2D eigenvalue weighted by Crippen LogP contribution is -2.25. The lowest BCUT2D eigenvalue weighted by molar-refractivity contribution is 0.0827. The van der Waals surface area contributed by atoms with Crippen molar-refractivity contribution in [2.45, 2.75) is 17.4 Å². The van der Waals surface area contributed by atoms with Gasteiger partial charge < -0.3 is 10.2 Å². The van der Waals surface area contributed by atoms with Gasteiger partial charge in [0, 0.05) is 37.3 Å². The quantitative estimate of drug-likeness (QED) is 0.852. The largest absolute Gasteiger partial charge is 0.377 e. The summed E-state index contributed by atoms with van der Waals surface area (Å²) in [6.07, 6.45) is 0.153. The van der Waals surface area contributed by atoms with Gasteiger partial charge in [-0.05, 0) is 35.9 Å². The highest BCUT2D eigenvalue weighted by atomic mass is 32.2.